The van der Waals surface area contributed by atoms with E-state index >= 15 is 0 Å². The zero-order valence-corrected chi connectivity index (χ0v) is 19.4. The fourth-order valence-electron chi connectivity index (χ4n) is 4.63. The third kappa shape index (κ3) is 3.68. The van der Waals surface area contributed by atoms with Crippen LogP contribution in [0.2, 0.25) is 5.02 Å². The molecular weight excluding hydrogens is 446 g/mol. The van der Waals surface area contributed by atoms with Crippen molar-refractivity contribution in [3.63, 3.8) is 0 Å². The van der Waals surface area contributed by atoms with Crippen molar-refractivity contribution in [2.75, 3.05) is 24.5 Å². The third-order valence-electron chi connectivity index (χ3n) is 6.32. The van der Waals surface area contributed by atoms with Gasteiger partial charge in [-0.3, -0.25) is 9.78 Å². The number of pyridine rings is 1. The number of halogens is 1. The highest BCUT2D eigenvalue weighted by Gasteiger charge is 2.30. The van der Waals surface area contributed by atoms with Gasteiger partial charge >= 0.3 is 0 Å². The van der Waals surface area contributed by atoms with Crippen LogP contribution in [0.15, 0.2) is 47.4 Å². The highest BCUT2D eigenvalue weighted by molar-refractivity contribution is 7.89. The molecule has 3 aromatic rings. The van der Waals surface area contributed by atoms with Crippen molar-refractivity contribution < 1.29 is 13.2 Å². The van der Waals surface area contributed by atoms with Crippen molar-refractivity contribution in [1.82, 2.24) is 9.29 Å². The second-order valence-electron chi connectivity index (χ2n) is 8.42. The largest absolute Gasteiger partial charge is 0.308 e. The molecule has 0 atom stereocenters. The van der Waals surface area contributed by atoms with E-state index in [1.807, 2.05) is 19.1 Å². The summed E-state index contributed by atoms with van der Waals surface area (Å²) in [4.78, 5) is 20.2. The molecule has 1 fully saturated rings. The van der Waals surface area contributed by atoms with E-state index in [4.69, 9.17) is 11.6 Å². The molecule has 0 N–H and O–H groups in total. The number of carbonyl (C=O) groups is 1. The number of benzene rings is 2. The summed E-state index contributed by atoms with van der Waals surface area (Å²) in [6, 6.07) is 12.4. The van der Waals surface area contributed by atoms with Crippen LogP contribution in [0.4, 0.5) is 5.69 Å². The smallest absolute Gasteiger partial charge is 0.260 e. The lowest BCUT2D eigenvalue weighted by Gasteiger charge is -2.30. The number of rotatable bonds is 3. The Hall–Kier alpha value is -2.48. The molecule has 0 unspecified atom stereocenters. The number of aryl methyl sites for hydroxylation is 2. The molecular formula is C24H24ClN3O3S. The zero-order valence-electron chi connectivity index (χ0n) is 17.8. The first-order valence-electron chi connectivity index (χ1n) is 10.9. The van der Waals surface area contributed by atoms with Gasteiger partial charge in [0.1, 0.15) is 0 Å². The summed E-state index contributed by atoms with van der Waals surface area (Å²) >= 11 is 6.13. The van der Waals surface area contributed by atoms with E-state index in [1.165, 1.54) is 0 Å². The van der Waals surface area contributed by atoms with E-state index in [9.17, 15) is 13.2 Å². The molecule has 1 saturated heterocycles. The van der Waals surface area contributed by atoms with Crippen LogP contribution < -0.4 is 4.90 Å². The first-order chi connectivity index (χ1) is 15.3. The molecule has 32 heavy (non-hydrogen) atoms. The number of sulfonamides is 1. The molecule has 0 saturated carbocycles. The fraction of sp³-hybridized carbons (Fsp3) is 0.333. The molecule has 2 aliphatic rings. The summed E-state index contributed by atoms with van der Waals surface area (Å²) in [7, 11) is -3.49. The molecule has 6 nitrogen and oxygen atoms in total. The summed E-state index contributed by atoms with van der Waals surface area (Å²) in [5.41, 5.74) is 3.64. The summed E-state index contributed by atoms with van der Waals surface area (Å²) in [5, 5.41) is 1.41. The van der Waals surface area contributed by atoms with Crippen LogP contribution in [-0.4, -0.2) is 43.2 Å². The second kappa shape index (κ2) is 8.14. The van der Waals surface area contributed by atoms with Crippen LogP contribution in [-0.2, 0) is 16.4 Å². The Morgan fingerprint density at radius 2 is 1.78 bits per heavy atom. The van der Waals surface area contributed by atoms with E-state index in [-0.39, 0.29) is 5.91 Å². The first kappa shape index (κ1) is 21.4. The Labute approximate surface area is 192 Å². The van der Waals surface area contributed by atoms with Crippen LogP contribution in [0.3, 0.4) is 0 Å². The first-order valence-corrected chi connectivity index (χ1v) is 12.7. The lowest BCUT2D eigenvalue weighted by atomic mass is 10.00. The van der Waals surface area contributed by atoms with E-state index in [2.05, 4.69) is 4.98 Å². The minimum Gasteiger partial charge on any atom is -0.308 e. The van der Waals surface area contributed by atoms with Gasteiger partial charge in [-0.25, -0.2) is 8.42 Å². The maximum atomic E-state index is 13.5. The van der Waals surface area contributed by atoms with E-state index < -0.39 is 10.0 Å². The van der Waals surface area contributed by atoms with Crippen molar-refractivity contribution in [3.8, 4) is 0 Å². The van der Waals surface area contributed by atoms with Crippen LogP contribution in [0.1, 0.15) is 40.9 Å². The summed E-state index contributed by atoms with van der Waals surface area (Å²) in [6.07, 6.45) is 3.32. The number of carbonyl (C=O) groups excluding carboxylic acids is 1. The number of hydrogen-bond acceptors (Lipinski definition) is 4. The predicted octanol–water partition coefficient (Wildman–Crippen LogP) is 4.57. The molecule has 2 aliphatic heterocycles. The summed E-state index contributed by atoms with van der Waals surface area (Å²) in [6.45, 7) is 3.56. The molecule has 1 aromatic heterocycles. The van der Waals surface area contributed by atoms with Gasteiger partial charge in [0, 0.05) is 35.7 Å². The van der Waals surface area contributed by atoms with Crippen molar-refractivity contribution >= 4 is 44.1 Å². The van der Waals surface area contributed by atoms with Gasteiger partial charge in [0.2, 0.25) is 10.0 Å². The number of aromatic nitrogens is 1. The van der Waals surface area contributed by atoms with Gasteiger partial charge in [-0.15, -0.1) is 0 Å². The molecule has 166 valence electrons. The standard InChI is InChI=1S/C24H24ClN3O3S/c1-16-21(15-18-13-19(25)6-8-22(18)26-16)24(29)28-12-4-5-17-14-20(7-9-23(17)28)32(30,31)27-10-2-3-11-27/h6-9,13-15H,2-5,10-12H2,1H3. The Balaban J connectivity index is 1.51. The molecule has 5 rings (SSSR count). The lowest BCUT2D eigenvalue weighted by Crippen LogP contribution is -2.36. The van der Waals surface area contributed by atoms with E-state index in [0.29, 0.717) is 40.8 Å². The molecule has 0 aliphatic carbocycles. The molecule has 0 radical (unpaired) electrons. The highest BCUT2D eigenvalue weighted by atomic mass is 35.5. The number of fused-ring (bicyclic) bond motifs is 2. The Morgan fingerprint density at radius 3 is 2.56 bits per heavy atom. The van der Waals surface area contributed by atoms with Crippen molar-refractivity contribution in [2.24, 2.45) is 0 Å². The number of nitrogens with zero attached hydrogens (tertiary/aromatic N) is 3. The lowest BCUT2D eigenvalue weighted by molar-refractivity contribution is 0.0984. The third-order valence-corrected chi connectivity index (χ3v) is 8.45. The maximum Gasteiger partial charge on any atom is 0.260 e. The van der Waals surface area contributed by atoms with E-state index in [1.54, 1.807) is 39.5 Å². The molecule has 3 heterocycles. The topological polar surface area (TPSA) is 70.6 Å². The minimum absolute atomic E-state index is 0.132. The van der Waals surface area contributed by atoms with Crippen LogP contribution in [0.25, 0.3) is 10.9 Å². The van der Waals surface area contributed by atoms with Gasteiger partial charge in [-0.2, -0.15) is 4.31 Å². The van der Waals surface area contributed by atoms with Gasteiger partial charge in [0.15, 0.2) is 0 Å². The van der Waals surface area contributed by atoms with Gasteiger partial charge in [0.05, 0.1) is 21.7 Å². The van der Waals surface area contributed by atoms with Gasteiger partial charge in [0.25, 0.3) is 5.91 Å². The summed E-state index contributed by atoms with van der Waals surface area (Å²) in [5.74, 6) is -0.132. The maximum absolute atomic E-state index is 13.5. The SMILES string of the molecule is Cc1nc2ccc(Cl)cc2cc1C(=O)N1CCCc2cc(S(=O)(=O)N3CCCC3)ccc21. The average molecular weight is 470 g/mol. The van der Waals surface area contributed by atoms with Crippen molar-refractivity contribution in [2.45, 2.75) is 37.5 Å². The quantitative estimate of drug-likeness (QED) is 0.563. The molecule has 0 spiro atoms. The van der Waals surface area contributed by atoms with Crippen molar-refractivity contribution in [1.29, 1.82) is 0 Å². The second-order valence-corrected chi connectivity index (χ2v) is 10.8. The van der Waals surface area contributed by atoms with Crippen LogP contribution in [0.5, 0.6) is 0 Å². The monoisotopic (exact) mass is 469 g/mol. The number of hydrogen-bond donors (Lipinski definition) is 0. The van der Waals surface area contributed by atoms with Gasteiger partial charge in [-0.05, 0) is 80.6 Å². The normalized spacial score (nSPS) is 17.0. The van der Waals surface area contributed by atoms with Crippen LogP contribution in [0, 0.1) is 6.92 Å². The number of amides is 1. The number of anilines is 1. The minimum atomic E-state index is -3.49. The fourth-order valence-corrected chi connectivity index (χ4v) is 6.38. The molecule has 0 bridgehead atoms. The van der Waals surface area contributed by atoms with Gasteiger partial charge in [-0.1, -0.05) is 11.6 Å². The Morgan fingerprint density at radius 1 is 1.00 bits per heavy atom. The average Bonchev–Trinajstić information content (AvgIpc) is 3.33. The molecule has 8 heteroatoms. The van der Waals surface area contributed by atoms with Gasteiger partial charge < -0.3 is 4.90 Å². The predicted molar refractivity (Wildman–Crippen MR) is 126 cm³/mol. The van der Waals surface area contributed by atoms with E-state index in [0.717, 1.165) is 47.8 Å². The summed E-state index contributed by atoms with van der Waals surface area (Å²) < 4.78 is 27.5. The highest BCUT2D eigenvalue weighted by Crippen LogP contribution is 2.33. The van der Waals surface area contributed by atoms with Crippen molar-refractivity contribution in [3.05, 3.63) is 64.3 Å². The molecule has 1 amide bonds. The zero-order chi connectivity index (χ0) is 22.5. The van der Waals surface area contributed by atoms with Crippen LogP contribution >= 0.6 is 11.6 Å². The Kier molecular flexibility index (Phi) is 5.43. The Bertz CT molecular complexity index is 1330. The molecule has 2 aromatic carbocycles.